The van der Waals surface area contributed by atoms with Gasteiger partial charge < -0.3 is 14.7 Å². The fraction of sp³-hybridized carbons (Fsp3) is 0.500. The van der Waals surface area contributed by atoms with E-state index in [9.17, 15) is 18.3 Å². The summed E-state index contributed by atoms with van der Waals surface area (Å²) >= 11 is 6.29. The predicted octanol–water partition coefficient (Wildman–Crippen LogP) is 5.25. The Labute approximate surface area is 236 Å². The second-order valence-electron chi connectivity index (χ2n) is 11.3. The van der Waals surface area contributed by atoms with Crippen molar-refractivity contribution < 1.29 is 23.1 Å². The standard InChI is InChI=1S/C30H37ClN2O5S/c1-30-14-13-24(30)19-33-15-5-4-7-21-17-25(31)11-9-23(21)20-38-27-12-10-22(18-26(27)33)29(35)32-39(36,37)16-6-2-3-8-28(30)34/h2-3,9-12,17-18,24,28,34H,4-8,13-16,19-20H2,1H3,(H,32,35)/b3-2-/t24-,28+,30-/m1/s1. The molecule has 2 aromatic carbocycles. The predicted molar refractivity (Wildman–Crippen MR) is 154 cm³/mol. The molecule has 2 aliphatic heterocycles. The summed E-state index contributed by atoms with van der Waals surface area (Å²) in [6.07, 6.45) is 8.61. The SMILES string of the molecule is C[C@@]12CC[C@@H]1CN1CCCCc3cc(Cl)ccc3COc3ccc(cc31)C(=O)NS(=O)(=O)CC/C=C\C[C@@H]2O. The number of aliphatic hydroxyl groups is 1. The maximum Gasteiger partial charge on any atom is 0.264 e. The average Bonchev–Trinajstić information content (AvgIpc) is 2.92. The Morgan fingerprint density at radius 2 is 1.97 bits per heavy atom. The monoisotopic (exact) mass is 572 g/mol. The number of halogens is 1. The fourth-order valence-electron chi connectivity index (χ4n) is 5.97. The van der Waals surface area contributed by atoms with Crippen molar-refractivity contribution in [2.45, 2.75) is 64.6 Å². The normalized spacial score (nSPS) is 28.4. The first kappa shape index (κ1) is 28.0. The van der Waals surface area contributed by atoms with Gasteiger partial charge in [0.1, 0.15) is 12.4 Å². The third kappa shape index (κ3) is 6.28. The summed E-state index contributed by atoms with van der Waals surface area (Å²) in [5.74, 6) is 0.0740. The van der Waals surface area contributed by atoms with Crippen LogP contribution in [0.25, 0.3) is 0 Å². The molecule has 9 heteroatoms. The summed E-state index contributed by atoms with van der Waals surface area (Å²) in [5.41, 5.74) is 3.05. The van der Waals surface area contributed by atoms with Gasteiger partial charge in [-0.3, -0.25) is 4.79 Å². The van der Waals surface area contributed by atoms with Crippen molar-refractivity contribution >= 4 is 33.2 Å². The molecule has 1 fully saturated rings. The van der Waals surface area contributed by atoms with Crippen LogP contribution >= 0.6 is 11.6 Å². The Morgan fingerprint density at radius 3 is 2.77 bits per heavy atom. The number of fused-ring (bicyclic) bond motifs is 3. The minimum absolute atomic E-state index is 0.200. The van der Waals surface area contributed by atoms with Gasteiger partial charge in [-0.25, -0.2) is 13.1 Å². The third-order valence-corrected chi connectivity index (χ3v) is 10.2. The quantitative estimate of drug-likeness (QED) is 0.419. The Morgan fingerprint density at radius 1 is 1.13 bits per heavy atom. The lowest BCUT2D eigenvalue weighted by molar-refractivity contribution is -0.0694. The van der Waals surface area contributed by atoms with Crippen LogP contribution in [0.1, 0.15) is 66.9 Å². The van der Waals surface area contributed by atoms with Gasteiger partial charge in [-0.1, -0.05) is 36.7 Å². The summed E-state index contributed by atoms with van der Waals surface area (Å²) in [6, 6.07) is 11.0. The van der Waals surface area contributed by atoms with Crippen LogP contribution in [-0.4, -0.2) is 44.4 Å². The number of anilines is 1. The first-order valence-corrected chi connectivity index (χ1v) is 15.8. The van der Waals surface area contributed by atoms with Crippen LogP contribution in [0, 0.1) is 11.3 Å². The lowest BCUT2D eigenvalue weighted by atomic mass is 9.57. The minimum Gasteiger partial charge on any atom is -0.487 e. The molecule has 0 spiro atoms. The van der Waals surface area contributed by atoms with Crippen molar-refractivity contribution in [3.05, 3.63) is 70.3 Å². The molecule has 0 aromatic heterocycles. The molecule has 2 bridgehead atoms. The number of aliphatic hydroxyl groups excluding tert-OH is 1. The molecule has 1 saturated carbocycles. The number of hydrogen-bond acceptors (Lipinski definition) is 6. The van der Waals surface area contributed by atoms with Crippen molar-refractivity contribution in [3.8, 4) is 5.75 Å². The summed E-state index contributed by atoms with van der Waals surface area (Å²) in [7, 11) is -3.81. The number of rotatable bonds is 0. The lowest BCUT2D eigenvalue weighted by Gasteiger charge is -2.52. The van der Waals surface area contributed by atoms with Crippen LogP contribution in [-0.2, 0) is 23.1 Å². The summed E-state index contributed by atoms with van der Waals surface area (Å²) in [5, 5.41) is 11.8. The summed E-state index contributed by atoms with van der Waals surface area (Å²) in [4.78, 5) is 15.3. The van der Waals surface area contributed by atoms with Crippen LogP contribution in [0.2, 0.25) is 5.02 Å². The first-order valence-electron chi connectivity index (χ1n) is 13.8. The highest BCUT2D eigenvalue weighted by Gasteiger charge is 2.48. The maximum atomic E-state index is 13.0. The zero-order valence-corrected chi connectivity index (χ0v) is 23.9. The van der Waals surface area contributed by atoms with E-state index in [1.165, 1.54) is 5.56 Å². The van der Waals surface area contributed by atoms with Gasteiger partial charge in [-0.05, 0) is 97.7 Å². The van der Waals surface area contributed by atoms with Gasteiger partial charge in [-0.15, -0.1) is 0 Å². The van der Waals surface area contributed by atoms with Crippen molar-refractivity contribution in [1.82, 2.24) is 4.72 Å². The molecular weight excluding hydrogens is 536 g/mol. The summed E-state index contributed by atoms with van der Waals surface area (Å²) in [6.45, 7) is 3.98. The van der Waals surface area contributed by atoms with E-state index in [-0.39, 0.29) is 29.1 Å². The molecule has 0 radical (unpaired) electrons. The number of aryl methyl sites for hydroxylation is 1. The van der Waals surface area contributed by atoms with Crippen molar-refractivity contribution in [2.24, 2.45) is 11.3 Å². The molecule has 7 nitrogen and oxygen atoms in total. The van der Waals surface area contributed by atoms with E-state index in [0.29, 0.717) is 23.8 Å². The fourth-order valence-corrected chi connectivity index (χ4v) is 7.12. The highest BCUT2D eigenvalue weighted by molar-refractivity contribution is 7.90. The topological polar surface area (TPSA) is 95.9 Å². The van der Waals surface area contributed by atoms with Gasteiger partial charge in [0.25, 0.3) is 5.91 Å². The molecule has 0 unspecified atom stereocenters. The number of amides is 1. The zero-order chi connectivity index (χ0) is 27.6. The number of hydrogen-bond donors (Lipinski definition) is 2. The highest BCUT2D eigenvalue weighted by Crippen LogP contribution is 2.51. The second-order valence-corrected chi connectivity index (χ2v) is 13.6. The Bertz CT molecular complexity index is 1360. The molecule has 3 atom stereocenters. The largest absolute Gasteiger partial charge is 0.487 e. The van der Waals surface area contributed by atoms with E-state index < -0.39 is 22.0 Å². The van der Waals surface area contributed by atoms with Crippen molar-refractivity contribution in [2.75, 3.05) is 23.7 Å². The molecule has 1 aliphatic carbocycles. The Hall–Kier alpha value is -2.55. The van der Waals surface area contributed by atoms with Gasteiger partial charge in [0.05, 0.1) is 17.5 Å². The van der Waals surface area contributed by atoms with Crippen molar-refractivity contribution in [3.63, 3.8) is 0 Å². The molecule has 2 aromatic rings. The van der Waals surface area contributed by atoms with Gasteiger partial charge >= 0.3 is 0 Å². The highest BCUT2D eigenvalue weighted by atomic mass is 35.5. The Balaban J connectivity index is 1.54. The number of nitrogens with zero attached hydrogens (tertiary/aromatic N) is 1. The number of allylic oxidation sites excluding steroid dienone is 1. The summed E-state index contributed by atoms with van der Waals surface area (Å²) < 4.78 is 33.8. The van der Waals surface area contributed by atoms with E-state index >= 15 is 0 Å². The molecule has 2 heterocycles. The number of carbonyl (C=O) groups is 1. The van der Waals surface area contributed by atoms with Crippen molar-refractivity contribution in [1.29, 1.82) is 0 Å². The van der Waals surface area contributed by atoms with Gasteiger partial charge in [-0.2, -0.15) is 0 Å². The Kier molecular flexibility index (Phi) is 8.26. The molecule has 1 amide bonds. The van der Waals surface area contributed by atoms with Crippen LogP contribution in [0.15, 0.2) is 48.6 Å². The molecule has 210 valence electrons. The lowest BCUT2D eigenvalue weighted by Crippen LogP contribution is -2.51. The maximum absolute atomic E-state index is 13.0. The molecule has 0 saturated heterocycles. The van der Waals surface area contributed by atoms with E-state index in [1.807, 2.05) is 24.3 Å². The molecule has 2 N–H and O–H groups in total. The minimum atomic E-state index is -3.81. The molecule has 39 heavy (non-hydrogen) atoms. The molecule has 3 aliphatic rings. The zero-order valence-electron chi connectivity index (χ0n) is 22.4. The van der Waals surface area contributed by atoms with Gasteiger partial charge in [0.2, 0.25) is 10.0 Å². The van der Waals surface area contributed by atoms with E-state index in [4.69, 9.17) is 16.3 Å². The van der Waals surface area contributed by atoms with E-state index in [0.717, 1.165) is 56.4 Å². The van der Waals surface area contributed by atoms with Gasteiger partial charge in [0.15, 0.2) is 0 Å². The number of ether oxygens (including phenoxy) is 1. The second kappa shape index (κ2) is 11.5. The number of nitrogens with one attached hydrogen (secondary N) is 1. The van der Waals surface area contributed by atoms with Crippen LogP contribution in [0.5, 0.6) is 5.75 Å². The van der Waals surface area contributed by atoms with E-state index in [1.54, 1.807) is 24.3 Å². The number of sulfonamides is 1. The van der Waals surface area contributed by atoms with E-state index in [2.05, 4.69) is 16.5 Å². The molecule has 5 rings (SSSR count). The molecular formula is C30H37ClN2O5S. The number of carbonyl (C=O) groups excluding carboxylic acids is 1. The van der Waals surface area contributed by atoms with Crippen LogP contribution in [0.3, 0.4) is 0 Å². The van der Waals surface area contributed by atoms with Gasteiger partial charge in [0, 0.05) is 23.7 Å². The smallest absolute Gasteiger partial charge is 0.264 e. The number of benzene rings is 2. The first-order chi connectivity index (χ1) is 18.6. The average molecular weight is 573 g/mol. The van der Waals surface area contributed by atoms with Crippen LogP contribution in [0.4, 0.5) is 5.69 Å². The third-order valence-electron chi connectivity index (χ3n) is 8.73. The van der Waals surface area contributed by atoms with Crippen LogP contribution < -0.4 is 14.4 Å².